The highest BCUT2D eigenvalue weighted by molar-refractivity contribution is 5.91. The summed E-state index contributed by atoms with van der Waals surface area (Å²) >= 11 is 0. The van der Waals surface area contributed by atoms with E-state index in [9.17, 15) is 4.79 Å². The Hall–Kier alpha value is -3.01. The van der Waals surface area contributed by atoms with Gasteiger partial charge in [-0.1, -0.05) is 0 Å². The molecule has 3 rings (SSSR count). The molecule has 1 amide bonds. The number of amides is 1. The van der Waals surface area contributed by atoms with E-state index < -0.39 is 0 Å². The lowest BCUT2D eigenvalue weighted by Gasteiger charge is -2.26. The highest BCUT2D eigenvalue weighted by Gasteiger charge is 2.25. The first-order valence-electron chi connectivity index (χ1n) is 8.95. The second-order valence-electron chi connectivity index (χ2n) is 6.50. The number of methoxy groups -OCH3 is 3. The van der Waals surface area contributed by atoms with Gasteiger partial charge in [0.05, 0.1) is 45.6 Å². The van der Waals surface area contributed by atoms with Crippen LogP contribution in [-0.4, -0.2) is 70.6 Å². The van der Waals surface area contributed by atoms with Crippen LogP contribution in [0, 0.1) is 0 Å². The van der Waals surface area contributed by atoms with Crippen LogP contribution in [0.2, 0.25) is 0 Å². The van der Waals surface area contributed by atoms with Crippen molar-refractivity contribution in [3.63, 3.8) is 0 Å². The fraction of sp³-hybridized carbons (Fsp3) is 0.500. The van der Waals surface area contributed by atoms with E-state index in [2.05, 4.69) is 27.5 Å². The van der Waals surface area contributed by atoms with Crippen LogP contribution in [0.1, 0.15) is 5.56 Å². The molecule has 152 valence electrons. The number of benzene rings is 1. The van der Waals surface area contributed by atoms with E-state index in [-0.39, 0.29) is 18.2 Å². The summed E-state index contributed by atoms with van der Waals surface area (Å²) in [6, 6.07) is 3.48. The van der Waals surface area contributed by atoms with Crippen LogP contribution in [-0.2, 0) is 11.2 Å². The molecule has 1 aromatic carbocycles. The maximum Gasteiger partial charge on any atom is 0.305 e. The molecule has 0 unspecified atom stereocenters. The predicted molar refractivity (Wildman–Crippen MR) is 101 cm³/mol. The molecule has 10 nitrogen and oxygen atoms in total. The Morgan fingerprint density at radius 3 is 2.36 bits per heavy atom. The van der Waals surface area contributed by atoms with Gasteiger partial charge in [0.15, 0.2) is 11.5 Å². The lowest BCUT2D eigenvalue weighted by atomic mass is 10.1. The molecular weight excluding hydrogens is 366 g/mol. The Bertz CT molecular complexity index is 791. The quantitative estimate of drug-likeness (QED) is 0.661. The average Bonchev–Trinajstić information content (AvgIpc) is 3.15. The zero-order valence-electron chi connectivity index (χ0n) is 16.6. The third kappa shape index (κ3) is 4.45. The minimum absolute atomic E-state index is 0.117. The van der Waals surface area contributed by atoms with Gasteiger partial charge in [0, 0.05) is 13.1 Å². The second-order valence-corrected chi connectivity index (χ2v) is 6.50. The van der Waals surface area contributed by atoms with Crippen molar-refractivity contribution < 1.29 is 28.3 Å². The van der Waals surface area contributed by atoms with Crippen molar-refractivity contribution in [2.45, 2.75) is 6.42 Å². The van der Waals surface area contributed by atoms with Crippen molar-refractivity contribution >= 4 is 11.8 Å². The maximum absolute atomic E-state index is 12.4. The molecule has 0 aliphatic carbocycles. The number of carbonyl (C=O) groups is 1. The molecule has 1 aliphatic heterocycles. The first-order valence-corrected chi connectivity index (χ1v) is 8.95. The van der Waals surface area contributed by atoms with Crippen molar-refractivity contribution in [3.8, 4) is 17.2 Å². The lowest BCUT2D eigenvalue weighted by molar-refractivity contribution is -0.759. The number of nitrogens with one attached hydrogen (secondary N) is 1. The summed E-state index contributed by atoms with van der Waals surface area (Å²) in [7, 11) is 6.69. The molecule has 2 heterocycles. The van der Waals surface area contributed by atoms with Crippen LogP contribution in [0.3, 0.4) is 0 Å². The number of ether oxygens (including phenoxy) is 3. The van der Waals surface area contributed by atoms with E-state index in [1.165, 1.54) is 21.3 Å². The Kier molecular flexibility index (Phi) is 6.19. The molecule has 1 N–H and O–H groups in total. The topological polar surface area (TPSA) is 93.2 Å². The maximum atomic E-state index is 12.4. The fourth-order valence-electron chi connectivity index (χ4n) is 3.03. The number of piperazine rings is 1. The molecule has 0 saturated carbocycles. The number of carbonyl (C=O) groups excluding carboxylic acids is 1. The number of hydrogen-bond acceptors (Lipinski definition) is 8. The SMILES string of the molecule is COc1cc(CC(=O)Nc2c[n+](N3CCN(C)CC3)no2)cc(OC)c1OC. The molecule has 0 radical (unpaired) electrons. The van der Waals surface area contributed by atoms with Crippen molar-refractivity contribution in [1.29, 1.82) is 0 Å². The molecule has 1 aromatic heterocycles. The fourth-order valence-corrected chi connectivity index (χ4v) is 3.03. The van der Waals surface area contributed by atoms with E-state index in [1.54, 1.807) is 23.1 Å². The van der Waals surface area contributed by atoms with Crippen molar-refractivity contribution in [2.24, 2.45) is 0 Å². The number of anilines is 1. The van der Waals surface area contributed by atoms with Crippen LogP contribution in [0.5, 0.6) is 17.2 Å². The lowest BCUT2D eigenvalue weighted by Crippen LogP contribution is -2.64. The molecule has 10 heteroatoms. The van der Waals surface area contributed by atoms with Crippen molar-refractivity contribution in [2.75, 3.05) is 64.9 Å². The summed E-state index contributed by atoms with van der Waals surface area (Å²) in [5, 5.41) is 8.76. The van der Waals surface area contributed by atoms with Gasteiger partial charge < -0.3 is 19.1 Å². The number of likely N-dealkylation sites (N-methyl/N-ethyl adjacent to an activating group) is 1. The predicted octanol–water partition coefficient (Wildman–Crippen LogP) is 0.0525. The van der Waals surface area contributed by atoms with E-state index in [0.29, 0.717) is 17.2 Å². The summed E-state index contributed by atoms with van der Waals surface area (Å²) in [6.45, 7) is 3.57. The van der Waals surface area contributed by atoms with Crippen LogP contribution in [0.4, 0.5) is 5.88 Å². The normalized spacial score (nSPS) is 14.6. The van der Waals surface area contributed by atoms with Gasteiger partial charge in [0.25, 0.3) is 6.20 Å². The third-order valence-electron chi connectivity index (χ3n) is 4.58. The summed E-state index contributed by atoms with van der Waals surface area (Å²) in [5.41, 5.74) is 0.721. The van der Waals surface area contributed by atoms with Gasteiger partial charge in [-0.15, -0.1) is 0 Å². The van der Waals surface area contributed by atoms with E-state index in [0.717, 1.165) is 31.7 Å². The third-order valence-corrected chi connectivity index (χ3v) is 4.58. The Morgan fingerprint density at radius 1 is 1.14 bits per heavy atom. The van der Waals surface area contributed by atoms with E-state index in [1.807, 2.05) is 0 Å². The van der Waals surface area contributed by atoms with Gasteiger partial charge in [0.2, 0.25) is 16.9 Å². The number of aromatic nitrogens is 2. The van der Waals surface area contributed by atoms with Crippen LogP contribution >= 0.6 is 0 Å². The summed E-state index contributed by atoms with van der Waals surface area (Å²) in [6.07, 6.45) is 1.78. The van der Waals surface area contributed by atoms with Gasteiger partial charge >= 0.3 is 5.88 Å². The highest BCUT2D eigenvalue weighted by atomic mass is 16.5. The summed E-state index contributed by atoms with van der Waals surface area (Å²) in [5.74, 6) is 1.53. The van der Waals surface area contributed by atoms with Crippen LogP contribution in [0.25, 0.3) is 0 Å². The van der Waals surface area contributed by atoms with E-state index in [4.69, 9.17) is 18.7 Å². The molecule has 0 atom stereocenters. The van der Waals surface area contributed by atoms with Gasteiger partial charge in [-0.3, -0.25) is 14.6 Å². The molecule has 2 aromatic rings. The van der Waals surface area contributed by atoms with Crippen LogP contribution in [0.15, 0.2) is 22.9 Å². The minimum atomic E-state index is -0.240. The molecule has 28 heavy (non-hydrogen) atoms. The summed E-state index contributed by atoms with van der Waals surface area (Å²) < 4.78 is 21.2. The standard InChI is InChI=1S/C18H25N5O5/c1-21-5-7-22(8-6-21)23-12-17(28-20-23)19-16(24)11-13-9-14(25-2)18(27-4)15(10-13)26-3/h9-10,12H,5-8,11H2,1-4H3/p+1. The number of hydrogen-bond donors (Lipinski definition) is 1. The van der Waals surface area contributed by atoms with Crippen molar-refractivity contribution in [3.05, 3.63) is 23.9 Å². The molecule has 1 aliphatic rings. The largest absolute Gasteiger partial charge is 0.493 e. The van der Waals surface area contributed by atoms with E-state index >= 15 is 0 Å². The number of rotatable bonds is 7. The highest BCUT2D eigenvalue weighted by Crippen LogP contribution is 2.38. The zero-order chi connectivity index (χ0) is 20.1. The first-order chi connectivity index (χ1) is 13.5. The molecular formula is C18H26N5O5+. The van der Waals surface area contributed by atoms with Gasteiger partial charge in [-0.05, 0) is 24.7 Å². The Labute approximate surface area is 163 Å². The van der Waals surface area contributed by atoms with Gasteiger partial charge in [-0.25, -0.2) is 0 Å². The van der Waals surface area contributed by atoms with Crippen LogP contribution < -0.4 is 29.3 Å². The van der Waals surface area contributed by atoms with Gasteiger partial charge in [0.1, 0.15) is 0 Å². The second kappa shape index (κ2) is 8.79. The molecule has 1 fully saturated rings. The molecule has 0 spiro atoms. The Balaban J connectivity index is 1.64. The monoisotopic (exact) mass is 392 g/mol. The smallest absolute Gasteiger partial charge is 0.305 e. The minimum Gasteiger partial charge on any atom is -0.493 e. The number of nitrogens with zero attached hydrogens (tertiary/aromatic N) is 4. The van der Waals surface area contributed by atoms with Gasteiger partial charge in [-0.2, -0.15) is 5.01 Å². The van der Waals surface area contributed by atoms with Crippen molar-refractivity contribution in [1.82, 2.24) is 10.2 Å². The zero-order valence-corrected chi connectivity index (χ0v) is 16.6. The summed E-state index contributed by atoms with van der Waals surface area (Å²) in [4.78, 5) is 16.3. The Morgan fingerprint density at radius 2 is 1.79 bits per heavy atom. The molecule has 0 bridgehead atoms. The average molecular weight is 392 g/mol. The first kappa shape index (κ1) is 19.7. The molecule has 1 saturated heterocycles.